The highest BCUT2D eigenvalue weighted by atomic mass is 79.9. The molecule has 6 nitrogen and oxygen atoms in total. The molecule has 0 amide bonds. The molecule has 0 N–H and O–H groups in total. The summed E-state index contributed by atoms with van der Waals surface area (Å²) in [4.78, 5) is 16.1. The SMILES string of the molecule is CCOC(CCc1ccc(OCCc2nc(-c3ccccc3)oc2C)cc1)OC(=O)CBr. The fourth-order valence-corrected chi connectivity index (χ4v) is 3.34. The second-order valence-electron chi connectivity index (χ2n) is 7.18. The fraction of sp³-hybridized carbons (Fsp3) is 0.360. The van der Waals surface area contributed by atoms with Gasteiger partial charge in [-0.25, -0.2) is 4.98 Å². The Morgan fingerprint density at radius 3 is 2.53 bits per heavy atom. The molecule has 0 aliphatic carbocycles. The van der Waals surface area contributed by atoms with E-state index in [-0.39, 0.29) is 11.3 Å². The minimum absolute atomic E-state index is 0.157. The number of rotatable bonds is 12. The molecule has 32 heavy (non-hydrogen) atoms. The van der Waals surface area contributed by atoms with Crippen LogP contribution in [0.25, 0.3) is 11.5 Å². The largest absolute Gasteiger partial charge is 0.493 e. The highest BCUT2D eigenvalue weighted by Crippen LogP contribution is 2.22. The highest BCUT2D eigenvalue weighted by molar-refractivity contribution is 9.09. The third-order valence-corrected chi connectivity index (χ3v) is 5.30. The van der Waals surface area contributed by atoms with E-state index in [0.717, 1.165) is 34.8 Å². The van der Waals surface area contributed by atoms with Gasteiger partial charge in [-0.1, -0.05) is 46.3 Å². The van der Waals surface area contributed by atoms with Gasteiger partial charge in [-0.3, -0.25) is 4.79 Å². The molecule has 2 aromatic carbocycles. The number of hydrogen-bond acceptors (Lipinski definition) is 6. The standard InChI is InChI=1S/C25H28BrNO5/c1-3-29-24(32-23(28)17-26)14-11-19-9-12-21(13-10-19)30-16-15-22-18(2)31-25(27-22)20-7-5-4-6-8-20/h4-10,12-13,24H,3,11,14-17H2,1-2H3. The summed E-state index contributed by atoms with van der Waals surface area (Å²) < 4.78 is 22.5. The Bertz CT molecular complexity index is 972. The van der Waals surface area contributed by atoms with Crippen LogP contribution in [0.3, 0.4) is 0 Å². The van der Waals surface area contributed by atoms with Gasteiger partial charge in [0.1, 0.15) is 16.8 Å². The lowest BCUT2D eigenvalue weighted by Crippen LogP contribution is -2.22. The summed E-state index contributed by atoms with van der Waals surface area (Å²) in [5.41, 5.74) is 2.99. The Morgan fingerprint density at radius 2 is 1.84 bits per heavy atom. The predicted molar refractivity (Wildman–Crippen MR) is 126 cm³/mol. The summed E-state index contributed by atoms with van der Waals surface area (Å²) in [6.07, 6.45) is 1.47. The highest BCUT2D eigenvalue weighted by Gasteiger charge is 2.14. The third kappa shape index (κ3) is 7.21. The van der Waals surface area contributed by atoms with E-state index in [1.807, 2.05) is 68.4 Å². The normalized spacial score (nSPS) is 11.8. The molecule has 0 saturated carbocycles. The summed E-state index contributed by atoms with van der Waals surface area (Å²) in [6, 6.07) is 17.8. The van der Waals surface area contributed by atoms with Gasteiger partial charge in [0.2, 0.25) is 12.2 Å². The van der Waals surface area contributed by atoms with Crippen molar-refractivity contribution in [2.75, 3.05) is 18.5 Å². The van der Waals surface area contributed by atoms with E-state index in [0.29, 0.717) is 31.9 Å². The Balaban J connectivity index is 1.47. The first-order valence-corrected chi connectivity index (χ1v) is 11.8. The van der Waals surface area contributed by atoms with Crippen LogP contribution in [0.1, 0.15) is 30.4 Å². The van der Waals surface area contributed by atoms with Gasteiger partial charge in [-0.05, 0) is 50.1 Å². The first-order valence-electron chi connectivity index (χ1n) is 10.7. The summed E-state index contributed by atoms with van der Waals surface area (Å²) in [5, 5.41) is 0.157. The second-order valence-corrected chi connectivity index (χ2v) is 7.74. The van der Waals surface area contributed by atoms with Crippen molar-refractivity contribution in [3.8, 4) is 17.2 Å². The molecule has 0 fully saturated rings. The van der Waals surface area contributed by atoms with Gasteiger partial charge in [-0.2, -0.15) is 0 Å². The topological polar surface area (TPSA) is 70.8 Å². The Morgan fingerprint density at radius 1 is 1.09 bits per heavy atom. The Hall–Kier alpha value is -2.64. The van der Waals surface area contributed by atoms with Crippen LogP contribution in [0.5, 0.6) is 5.75 Å². The second kappa shape index (κ2) is 12.4. The molecule has 0 radical (unpaired) electrons. The van der Waals surface area contributed by atoms with Gasteiger partial charge in [0, 0.05) is 25.0 Å². The maximum absolute atomic E-state index is 11.5. The fourth-order valence-electron chi connectivity index (χ4n) is 3.21. The summed E-state index contributed by atoms with van der Waals surface area (Å²) >= 11 is 3.10. The molecular weight excluding hydrogens is 474 g/mol. The van der Waals surface area contributed by atoms with E-state index in [1.165, 1.54) is 0 Å². The lowest BCUT2D eigenvalue weighted by atomic mass is 10.1. The maximum Gasteiger partial charge on any atom is 0.318 e. The zero-order chi connectivity index (χ0) is 22.8. The molecule has 3 rings (SSSR count). The number of carbonyl (C=O) groups excluding carboxylic acids is 1. The molecule has 170 valence electrons. The number of ether oxygens (including phenoxy) is 3. The molecule has 0 aliphatic rings. The molecule has 0 saturated heterocycles. The van der Waals surface area contributed by atoms with Crippen molar-refractivity contribution in [3.05, 3.63) is 71.6 Å². The van der Waals surface area contributed by atoms with Crippen LogP contribution in [0.15, 0.2) is 59.0 Å². The summed E-state index contributed by atoms with van der Waals surface area (Å²) in [7, 11) is 0. The number of benzene rings is 2. The Labute approximate surface area is 197 Å². The van der Waals surface area contributed by atoms with E-state index in [9.17, 15) is 4.79 Å². The zero-order valence-electron chi connectivity index (χ0n) is 18.4. The van der Waals surface area contributed by atoms with E-state index in [1.54, 1.807) is 0 Å². The number of carbonyl (C=O) groups is 1. The molecular formula is C25H28BrNO5. The number of aryl methyl sites for hydroxylation is 2. The molecule has 0 aliphatic heterocycles. The number of nitrogens with zero attached hydrogens (tertiary/aromatic N) is 1. The number of oxazole rings is 1. The number of hydrogen-bond donors (Lipinski definition) is 0. The minimum atomic E-state index is -0.535. The van der Waals surface area contributed by atoms with Crippen LogP contribution >= 0.6 is 15.9 Å². The predicted octanol–water partition coefficient (Wildman–Crippen LogP) is 5.50. The van der Waals surface area contributed by atoms with Crippen molar-refractivity contribution in [1.29, 1.82) is 0 Å². The number of aromatic nitrogens is 1. The van der Waals surface area contributed by atoms with Crippen molar-refractivity contribution in [2.24, 2.45) is 0 Å². The zero-order valence-corrected chi connectivity index (χ0v) is 20.0. The van der Waals surface area contributed by atoms with Crippen LogP contribution in [-0.2, 0) is 27.1 Å². The van der Waals surface area contributed by atoms with Gasteiger partial charge in [0.25, 0.3) is 0 Å². The van der Waals surface area contributed by atoms with Crippen molar-refractivity contribution in [2.45, 2.75) is 39.4 Å². The van der Waals surface area contributed by atoms with Crippen LogP contribution < -0.4 is 4.74 Å². The molecule has 0 bridgehead atoms. The molecule has 1 aromatic heterocycles. The summed E-state index contributed by atoms with van der Waals surface area (Å²) in [5.74, 6) is 1.91. The first-order chi connectivity index (χ1) is 15.6. The number of halogens is 1. The monoisotopic (exact) mass is 501 g/mol. The molecule has 0 spiro atoms. The number of alkyl halides is 1. The molecule has 1 atom stereocenters. The van der Waals surface area contributed by atoms with Crippen molar-refractivity contribution < 1.29 is 23.4 Å². The molecule has 3 aromatic rings. The first kappa shape index (κ1) is 24.0. The average molecular weight is 502 g/mol. The smallest absolute Gasteiger partial charge is 0.318 e. The molecule has 7 heteroatoms. The van der Waals surface area contributed by atoms with E-state index in [4.69, 9.17) is 18.6 Å². The van der Waals surface area contributed by atoms with Crippen molar-refractivity contribution in [1.82, 2.24) is 4.98 Å². The van der Waals surface area contributed by atoms with Gasteiger partial charge in [0.05, 0.1) is 12.3 Å². The van der Waals surface area contributed by atoms with Crippen LogP contribution in [0.4, 0.5) is 0 Å². The molecule has 1 heterocycles. The van der Waals surface area contributed by atoms with E-state index < -0.39 is 6.29 Å². The van der Waals surface area contributed by atoms with Crippen molar-refractivity contribution in [3.63, 3.8) is 0 Å². The summed E-state index contributed by atoms with van der Waals surface area (Å²) in [6.45, 7) is 4.80. The lowest BCUT2D eigenvalue weighted by molar-refractivity contribution is -0.175. The van der Waals surface area contributed by atoms with Gasteiger partial charge >= 0.3 is 5.97 Å². The van der Waals surface area contributed by atoms with E-state index >= 15 is 0 Å². The van der Waals surface area contributed by atoms with Crippen molar-refractivity contribution >= 4 is 21.9 Å². The van der Waals surface area contributed by atoms with Crippen LogP contribution in [0, 0.1) is 6.92 Å². The average Bonchev–Trinajstić information content (AvgIpc) is 3.19. The quantitative estimate of drug-likeness (QED) is 0.185. The maximum atomic E-state index is 11.5. The lowest BCUT2D eigenvalue weighted by Gasteiger charge is -2.17. The molecule has 1 unspecified atom stereocenters. The van der Waals surface area contributed by atoms with Gasteiger partial charge in [-0.15, -0.1) is 0 Å². The van der Waals surface area contributed by atoms with Crippen LogP contribution in [0.2, 0.25) is 0 Å². The van der Waals surface area contributed by atoms with Gasteiger partial charge in [0.15, 0.2) is 0 Å². The third-order valence-electron chi connectivity index (χ3n) is 4.84. The number of esters is 1. The Kier molecular flexibility index (Phi) is 9.31. The van der Waals surface area contributed by atoms with Gasteiger partial charge < -0.3 is 18.6 Å². The minimum Gasteiger partial charge on any atom is -0.493 e. The van der Waals surface area contributed by atoms with Crippen LogP contribution in [-0.4, -0.2) is 35.8 Å². The van der Waals surface area contributed by atoms with E-state index in [2.05, 4.69) is 20.9 Å².